The third-order valence-electron chi connectivity index (χ3n) is 2.91. The second-order valence-corrected chi connectivity index (χ2v) is 4.06. The summed E-state index contributed by atoms with van der Waals surface area (Å²) in [6.07, 6.45) is 5.88. The minimum atomic E-state index is -0.236. The zero-order valence-corrected chi connectivity index (χ0v) is 9.68. The predicted octanol–water partition coefficient (Wildman–Crippen LogP) is 2.96. The van der Waals surface area contributed by atoms with Crippen LogP contribution in [0.5, 0.6) is 0 Å². The summed E-state index contributed by atoms with van der Waals surface area (Å²) in [5, 5.41) is 10.2. The zero-order valence-electron chi connectivity index (χ0n) is 9.68. The second kappa shape index (κ2) is 4.96. The smallest absolute Gasteiger partial charge is 0.123 e. The highest BCUT2D eigenvalue weighted by molar-refractivity contribution is 5.22. The van der Waals surface area contributed by atoms with Gasteiger partial charge in [0.25, 0.3) is 0 Å². The first kappa shape index (κ1) is 11.6. The van der Waals surface area contributed by atoms with Crippen molar-refractivity contribution in [2.45, 2.75) is 25.4 Å². The van der Waals surface area contributed by atoms with E-state index >= 15 is 0 Å². The topological polar surface area (TPSA) is 28.0 Å². The first-order chi connectivity index (χ1) is 8.22. The summed E-state index contributed by atoms with van der Waals surface area (Å²) in [6.45, 7) is 2.75. The predicted molar refractivity (Wildman–Crippen MR) is 63.6 cm³/mol. The Morgan fingerprint density at radius 1 is 1.41 bits per heavy atom. The molecule has 0 aliphatic carbocycles. The van der Waals surface area contributed by atoms with Crippen LogP contribution in [0, 0.1) is 18.2 Å². The van der Waals surface area contributed by atoms with Crippen molar-refractivity contribution in [1.82, 2.24) is 5.01 Å². The maximum Gasteiger partial charge on any atom is 0.123 e. The molecule has 4 heteroatoms. The van der Waals surface area contributed by atoms with Gasteiger partial charge in [0.1, 0.15) is 11.9 Å². The number of nitrogens with zero attached hydrogens (tertiary/aromatic N) is 3. The second-order valence-electron chi connectivity index (χ2n) is 4.06. The van der Waals surface area contributed by atoms with Crippen LogP contribution in [0.25, 0.3) is 0 Å². The SMILES string of the molecule is C#CCCN1N=NC(c2ccc(F)cc2)C1C. The monoisotopic (exact) mass is 231 g/mol. The number of hydrogen-bond acceptors (Lipinski definition) is 3. The van der Waals surface area contributed by atoms with Gasteiger partial charge in [-0.15, -0.1) is 12.3 Å². The van der Waals surface area contributed by atoms with E-state index in [1.807, 2.05) is 11.9 Å². The van der Waals surface area contributed by atoms with Gasteiger partial charge in [-0.25, -0.2) is 4.39 Å². The van der Waals surface area contributed by atoms with Crippen LogP contribution in [0.15, 0.2) is 34.6 Å². The summed E-state index contributed by atoms with van der Waals surface area (Å²) in [4.78, 5) is 0. The van der Waals surface area contributed by atoms with Gasteiger partial charge in [-0.05, 0) is 24.6 Å². The number of terminal acetylenes is 1. The lowest BCUT2D eigenvalue weighted by Crippen LogP contribution is -2.28. The number of halogens is 1. The fourth-order valence-corrected chi connectivity index (χ4v) is 1.90. The van der Waals surface area contributed by atoms with Crippen LogP contribution in [0.2, 0.25) is 0 Å². The molecule has 2 rings (SSSR count). The van der Waals surface area contributed by atoms with E-state index < -0.39 is 0 Å². The molecular formula is C13H14FN3. The van der Waals surface area contributed by atoms with Crippen LogP contribution in [0.4, 0.5) is 4.39 Å². The molecule has 0 saturated carbocycles. The van der Waals surface area contributed by atoms with E-state index in [-0.39, 0.29) is 17.9 Å². The average Bonchev–Trinajstić information content (AvgIpc) is 2.69. The molecule has 0 amide bonds. The maximum absolute atomic E-state index is 12.8. The van der Waals surface area contributed by atoms with E-state index in [9.17, 15) is 4.39 Å². The fourth-order valence-electron chi connectivity index (χ4n) is 1.90. The molecule has 0 saturated heterocycles. The molecule has 2 unspecified atom stereocenters. The number of hydrogen-bond donors (Lipinski definition) is 0. The Morgan fingerprint density at radius 3 is 2.76 bits per heavy atom. The molecule has 1 aromatic rings. The van der Waals surface area contributed by atoms with Crippen LogP contribution < -0.4 is 0 Å². The Kier molecular flexibility index (Phi) is 3.38. The van der Waals surface area contributed by atoms with Gasteiger partial charge >= 0.3 is 0 Å². The molecule has 1 heterocycles. The van der Waals surface area contributed by atoms with Crippen molar-refractivity contribution >= 4 is 0 Å². The van der Waals surface area contributed by atoms with Crippen LogP contribution in [-0.4, -0.2) is 17.6 Å². The molecular weight excluding hydrogens is 217 g/mol. The van der Waals surface area contributed by atoms with Crippen molar-refractivity contribution < 1.29 is 4.39 Å². The Bertz CT molecular complexity index is 447. The van der Waals surface area contributed by atoms with Crippen LogP contribution in [-0.2, 0) is 0 Å². The van der Waals surface area contributed by atoms with Crippen molar-refractivity contribution in [3.05, 3.63) is 35.6 Å². The Balaban J connectivity index is 2.08. The van der Waals surface area contributed by atoms with Gasteiger partial charge in [0.15, 0.2) is 0 Å². The van der Waals surface area contributed by atoms with Gasteiger partial charge in [0, 0.05) is 13.0 Å². The molecule has 3 nitrogen and oxygen atoms in total. The minimum absolute atomic E-state index is 0.0339. The summed E-state index contributed by atoms with van der Waals surface area (Å²) in [5.74, 6) is 2.35. The highest BCUT2D eigenvalue weighted by atomic mass is 19.1. The Labute approximate surface area is 100 Å². The summed E-state index contributed by atoms with van der Waals surface area (Å²) < 4.78 is 12.8. The molecule has 1 aliphatic heterocycles. The maximum atomic E-state index is 12.8. The van der Waals surface area contributed by atoms with Gasteiger partial charge in [0.05, 0.1) is 6.04 Å². The molecule has 0 bridgehead atoms. The van der Waals surface area contributed by atoms with E-state index in [0.717, 1.165) is 5.56 Å². The van der Waals surface area contributed by atoms with Gasteiger partial charge in [-0.2, -0.15) is 5.11 Å². The molecule has 1 aromatic carbocycles. The Morgan fingerprint density at radius 2 is 2.12 bits per heavy atom. The van der Waals surface area contributed by atoms with E-state index in [4.69, 9.17) is 6.42 Å². The molecule has 0 spiro atoms. The highest BCUT2D eigenvalue weighted by Gasteiger charge is 2.29. The van der Waals surface area contributed by atoms with Crippen molar-refractivity contribution in [3.8, 4) is 12.3 Å². The van der Waals surface area contributed by atoms with Crippen LogP contribution in [0.3, 0.4) is 0 Å². The summed E-state index contributed by atoms with van der Waals surface area (Å²) in [5.41, 5.74) is 0.978. The minimum Gasteiger partial charge on any atom is -0.272 e. The lowest BCUT2D eigenvalue weighted by molar-refractivity contribution is 0.240. The molecule has 2 atom stereocenters. The summed E-state index contributed by atoms with van der Waals surface area (Å²) in [7, 11) is 0. The van der Waals surface area contributed by atoms with Crippen LogP contribution >= 0.6 is 0 Å². The third-order valence-corrected chi connectivity index (χ3v) is 2.91. The standard InChI is InChI=1S/C13H14FN3/c1-3-4-9-17-10(2)13(15-16-17)11-5-7-12(14)8-6-11/h1,5-8,10,13H,4,9H2,2H3. The molecule has 0 radical (unpaired) electrons. The number of benzene rings is 1. The molecule has 0 N–H and O–H groups in total. The van der Waals surface area contributed by atoms with E-state index in [0.29, 0.717) is 13.0 Å². The van der Waals surface area contributed by atoms with Gasteiger partial charge in [-0.3, -0.25) is 5.01 Å². The quantitative estimate of drug-likeness (QED) is 0.735. The van der Waals surface area contributed by atoms with Gasteiger partial charge in [-0.1, -0.05) is 17.4 Å². The molecule has 0 fully saturated rings. The van der Waals surface area contributed by atoms with E-state index in [2.05, 4.69) is 16.3 Å². The normalized spacial score (nSPS) is 22.8. The lowest BCUT2D eigenvalue weighted by Gasteiger charge is -2.21. The molecule has 17 heavy (non-hydrogen) atoms. The van der Waals surface area contributed by atoms with Gasteiger partial charge < -0.3 is 0 Å². The largest absolute Gasteiger partial charge is 0.272 e. The Hall–Kier alpha value is -1.89. The van der Waals surface area contributed by atoms with Crippen molar-refractivity contribution in [3.63, 3.8) is 0 Å². The van der Waals surface area contributed by atoms with Crippen molar-refractivity contribution in [1.29, 1.82) is 0 Å². The molecule has 88 valence electrons. The molecule has 1 aliphatic rings. The highest BCUT2D eigenvalue weighted by Crippen LogP contribution is 2.31. The first-order valence-electron chi connectivity index (χ1n) is 5.58. The van der Waals surface area contributed by atoms with Gasteiger partial charge in [0.2, 0.25) is 0 Å². The summed E-state index contributed by atoms with van der Waals surface area (Å²) in [6, 6.07) is 6.52. The third kappa shape index (κ3) is 2.44. The van der Waals surface area contributed by atoms with E-state index in [1.165, 1.54) is 12.1 Å². The zero-order chi connectivity index (χ0) is 12.3. The lowest BCUT2D eigenvalue weighted by atomic mass is 10.0. The van der Waals surface area contributed by atoms with E-state index in [1.54, 1.807) is 12.1 Å². The first-order valence-corrected chi connectivity index (χ1v) is 5.58. The molecule has 0 aromatic heterocycles. The number of rotatable bonds is 3. The van der Waals surface area contributed by atoms with Crippen molar-refractivity contribution in [2.75, 3.05) is 6.54 Å². The fraction of sp³-hybridized carbons (Fsp3) is 0.385. The van der Waals surface area contributed by atoms with Crippen LogP contribution in [0.1, 0.15) is 24.9 Å². The average molecular weight is 231 g/mol. The van der Waals surface area contributed by atoms with Crippen molar-refractivity contribution in [2.24, 2.45) is 10.3 Å². The summed E-state index contributed by atoms with van der Waals surface area (Å²) >= 11 is 0.